The number of nitriles is 1. The van der Waals surface area contributed by atoms with Gasteiger partial charge in [-0.15, -0.1) is 0 Å². The first-order chi connectivity index (χ1) is 10.2. The summed E-state index contributed by atoms with van der Waals surface area (Å²) in [6.07, 6.45) is 2.64. The van der Waals surface area contributed by atoms with Crippen molar-refractivity contribution in [2.24, 2.45) is 11.3 Å². The molecule has 1 aromatic carbocycles. The van der Waals surface area contributed by atoms with Gasteiger partial charge in [0.15, 0.2) is 5.78 Å². The lowest BCUT2D eigenvalue weighted by Gasteiger charge is -2.15. The Bertz CT molecular complexity index is 569. The maximum atomic E-state index is 12.2. The second kappa shape index (κ2) is 7.79. The third-order valence-electron chi connectivity index (χ3n) is 3.20. The Morgan fingerprint density at radius 3 is 2.32 bits per heavy atom. The van der Waals surface area contributed by atoms with Gasteiger partial charge in [-0.3, -0.25) is 4.79 Å². The quantitative estimate of drug-likeness (QED) is 0.568. The van der Waals surface area contributed by atoms with Crippen LogP contribution in [0.2, 0.25) is 0 Å². The SMILES string of the molecule is CC(C)CCOc1ccc(C=C(C#N)C(=O)C(C)(C)C)cc1. The fourth-order valence-corrected chi connectivity index (χ4v) is 1.79. The molecule has 3 nitrogen and oxygen atoms in total. The van der Waals surface area contributed by atoms with Crippen molar-refractivity contribution in [2.45, 2.75) is 41.0 Å². The summed E-state index contributed by atoms with van der Waals surface area (Å²) in [7, 11) is 0. The zero-order valence-electron chi connectivity index (χ0n) is 14.1. The second-order valence-corrected chi connectivity index (χ2v) is 6.85. The summed E-state index contributed by atoms with van der Waals surface area (Å²) in [6.45, 7) is 10.4. The van der Waals surface area contributed by atoms with Crippen molar-refractivity contribution in [3.05, 3.63) is 35.4 Å². The summed E-state index contributed by atoms with van der Waals surface area (Å²) < 4.78 is 5.65. The lowest BCUT2D eigenvalue weighted by molar-refractivity contribution is -0.121. The average Bonchev–Trinajstić information content (AvgIpc) is 2.44. The van der Waals surface area contributed by atoms with E-state index >= 15 is 0 Å². The smallest absolute Gasteiger partial charge is 0.178 e. The summed E-state index contributed by atoms with van der Waals surface area (Å²) in [5.74, 6) is 1.27. The van der Waals surface area contributed by atoms with Crippen LogP contribution in [0, 0.1) is 22.7 Å². The van der Waals surface area contributed by atoms with Crippen LogP contribution in [0.3, 0.4) is 0 Å². The molecule has 0 saturated carbocycles. The highest BCUT2D eigenvalue weighted by Crippen LogP contribution is 2.22. The first-order valence-corrected chi connectivity index (χ1v) is 7.63. The third kappa shape index (κ3) is 5.73. The predicted octanol–water partition coefficient (Wildman–Crippen LogP) is 4.63. The van der Waals surface area contributed by atoms with Crippen LogP contribution in [-0.4, -0.2) is 12.4 Å². The molecule has 0 aromatic heterocycles. The fourth-order valence-electron chi connectivity index (χ4n) is 1.79. The average molecular weight is 299 g/mol. The van der Waals surface area contributed by atoms with E-state index in [1.54, 1.807) is 6.08 Å². The van der Waals surface area contributed by atoms with Crippen molar-refractivity contribution in [2.75, 3.05) is 6.61 Å². The maximum absolute atomic E-state index is 12.2. The number of hydrogen-bond donors (Lipinski definition) is 0. The number of ketones is 1. The maximum Gasteiger partial charge on any atom is 0.178 e. The molecule has 0 N–H and O–H groups in total. The molecule has 3 heteroatoms. The number of benzene rings is 1. The molecular weight excluding hydrogens is 274 g/mol. The van der Waals surface area contributed by atoms with Gasteiger partial charge in [0.05, 0.1) is 12.2 Å². The van der Waals surface area contributed by atoms with Gasteiger partial charge in [-0.25, -0.2) is 0 Å². The number of ether oxygens (including phenoxy) is 1. The number of carbonyl (C=O) groups is 1. The van der Waals surface area contributed by atoms with Crippen LogP contribution in [0.1, 0.15) is 46.6 Å². The van der Waals surface area contributed by atoms with Crippen LogP contribution >= 0.6 is 0 Å². The monoisotopic (exact) mass is 299 g/mol. The molecule has 0 unspecified atom stereocenters. The molecule has 0 atom stereocenters. The Morgan fingerprint density at radius 1 is 1.27 bits per heavy atom. The van der Waals surface area contributed by atoms with Crippen molar-refractivity contribution in [3.8, 4) is 11.8 Å². The molecule has 0 aliphatic carbocycles. The lowest BCUT2D eigenvalue weighted by Crippen LogP contribution is -2.21. The molecular formula is C19H25NO2. The number of allylic oxidation sites excluding steroid dienone is 1. The molecule has 0 spiro atoms. The Hall–Kier alpha value is -2.08. The molecule has 0 amide bonds. The van der Waals surface area contributed by atoms with Gasteiger partial charge < -0.3 is 4.74 Å². The zero-order valence-corrected chi connectivity index (χ0v) is 14.1. The summed E-state index contributed by atoms with van der Waals surface area (Å²) in [6, 6.07) is 9.44. The minimum atomic E-state index is -0.554. The van der Waals surface area contributed by atoms with Crippen molar-refractivity contribution in [1.82, 2.24) is 0 Å². The van der Waals surface area contributed by atoms with E-state index in [4.69, 9.17) is 4.74 Å². The highest BCUT2D eigenvalue weighted by atomic mass is 16.5. The largest absolute Gasteiger partial charge is 0.494 e. The Labute approximate surface area is 133 Å². The number of Topliss-reactive ketones (excluding diaryl/α,β-unsaturated/α-hetero) is 1. The van der Waals surface area contributed by atoms with Crippen LogP contribution in [0.25, 0.3) is 6.08 Å². The molecule has 0 bridgehead atoms. The molecule has 0 radical (unpaired) electrons. The van der Waals surface area contributed by atoms with Gasteiger partial charge >= 0.3 is 0 Å². The van der Waals surface area contributed by atoms with Gasteiger partial charge in [-0.2, -0.15) is 5.26 Å². The van der Waals surface area contributed by atoms with Crippen molar-refractivity contribution >= 4 is 11.9 Å². The predicted molar refractivity (Wildman–Crippen MR) is 89.4 cm³/mol. The van der Waals surface area contributed by atoms with Gasteiger partial charge in [0.2, 0.25) is 0 Å². The van der Waals surface area contributed by atoms with Crippen molar-refractivity contribution in [3.63, 3.8) is 0 Å². The van der Waals surface area contributed by atoms with E-state index in [0.29, 0.717) is 12.5 Å². The van der Waals surface area contributed by atoms with Crippen LogP contribution in [0.5, 0.6) is 5.75 Å². The highest BCUT2D eigenvalue weighted by molar-refractivity contribution is 6.06. The number of nitrogens with zero attached hydrogens (tertiary/aromatic N) is 1. The Morgan fingerprint density at radius 2 is 1.86 bits per heavy atom. The van der Waals surface area contributed by atoms with Crippen LogP contribution in [-0.2, 0) is 4.79 Å². The molecule has 118 valence electrons. The molecule has 0 aliphatic rings. The van der Waals surface area contributed by atoms with Crippen LogP contribution < -0.4 is 4.74 Å². The van der Waals surface area contributed by atoms with E-state index in [9.17, 15) is 10.1 Å². The summed E-state index contributed by atoms with van der Waals surface area (Å²) >= 11 is 0. The van der Waals surface area contributed by atoms with Gasteiger partial charge in [-0.1, -0.05) is 46.8 Å². The third-order valence-corrected chi connectivity index (χ3v) is 3.20. The first-order valence-electron chi connectivity index (χ1n) is 7.63. The topological polar surface area (TPSA) is 50.1 Å². The number of rotatable bonds is 6. The first kappa shape index (κ1) is 18.0. The van der Waals surface area contributed by atoms with E-state index in [2.05, 4.69) is 13.8 Å². The molecule has 1 rings (SSSR count). The van der Waals surface area contributed by atoms with E-state index < -0.39 is 5.41 Å². The van der Waals surface area contributed by atoms with Gasteiger partial charge in [0.1, 0.15) is 11.8 Å². The van der Waals surface area contributed by atoms with E-state index in [-0.39, 0.29) is 11.4 Å². The van der Waals surface area contributed by atoms with Crippen molar-refractivity contribution in [1.29, 1.82) is 5.26 Å². The molecule has 0 aliphatic heterocycles. The standard InChI is InChI=1S/C19H25NO2/c1-14(2)10-11-22-17-8-6-15(7-9-17)12-16(13-20)18(21)19(3,4)5/h6-9,12,14H,10-11H2,1-5H3. The lowest BCUT2D eigenvalue weighted by atomic mass is 9.86. The van der Waals surface area contributed by atoms with E-state index in [1.165, 1.54) is 0 Å². The molecule has 0 saturated heterocycles. The second-order valence-electron chi connectivity index (χ2n) is 6.85. The van der Waals surface area contributed by atoms with E-state index in [1.807, 2.05) is 51.1 Å². The molecule has 0 fully saturated rings. The summed E-state index contributed by atoms with van der Waals surface area (Å²) in [4.78, 5) is 12.2. The molecule has 22 heavy (non-hydrogen) atoms. The fraction of sp³-hybridized carbons (Fsp3) is 0.474. The Balaban J connectivity index is 2.79. The van der Waals surface area contributed by atoms with E-state index in [0.717, 1.165) is 17.7 Å². The van der Waals surface area contributed by atoms with Crippen LogP contribution in [0.4, 0.5) is 0 Å². The van der Waals surface area contributed by atoms with Gasteiger partial charge in [0.25, 0.3) is 0 Å². The normalized spacial score (nSPS) is 12.1. The number of carbonyl (C=O) groups excluding carboxylic acids is 1. The summed E-state index contributed by atoms with van der Waals surface area (Å²) in [5, 5.41) is 9.18. The summed E-state index contributed by atoms with van der Waals surface area (Å²) in [5.41, 5.74) is 0.452. The van der Waals surface area contributed by atoms with Gasteiger partial charge in [-0.05, 0) is 36.1 Å². The highest BCUT2D eigenvalue weighted by Gasteiger charge is 2.24. The van der Waals surface area contributed by atoms with Gasteiger partial charge in [0, 0.05) is 5.41 Å². The molecule has 0 heterocycles. The minimum Gasteiger partial charge on any atom is -0.494 e. The Kier molecular flexibility index (Phi) is 6.37. The van der Waals surface area contributed by atoms with Crippen LogP contribution in [0.15, 0.2) is 29.8 Å². The number of hydrogen-bond acceptors (Lipinski definition) is 3. The molecule has 1 aromatic rings. The minimum absolute atomic E-state index is 0.146. The zero-order chi connectivity index (χ0) is 16.8. The van der Waals surface area contributed by atoms with Crippen molar-refractivity contribution < 1.29 is 9.53 Å².